The quantitative estimate of drug-likeness (QED) is 0.627. The molecular formula is C23H29N3O3S. The maximum atomic E-state index is 9.84. The van der Waals surface area contributed by atoms with Crippen LogP contribution in [-0.2, 0) is 0 Å². The number of nitrogens with zero attached hydrogens (tertiary/aromatic N) is 3. The molecule has 2 N–H and O–H groups in total. The number of hydrogen-bond donors (Lipinski definition) is 2. The van der Waals surface area contributed by atoms with Gasteiger partial charge >= 0.3 is 0 Å². The lowest BCUT2D eigenvalue weighted by Crippen LogP contribution is -2.49. The number of benzene rings is 1. The lowest BCUT2D eigenvalue weighted by Gasteiger charge is -2.37. The van der Waals surface area contributed by atoms with Gasteiger partial charge in [-0.1, -0.05) is 0 Å². The normalized spacial score (nSPS) is 16.8. The molecule has 7 heteroatoms. The van der Waals surface area contributed by atoms with Gasteiger partial charge in [-0.05, 0) is 62.5 Å². The molecule has 3 aromatic rings. The Balaban J connectivity index is 1.58. The van der Waals surface area contributed by atoms with Crippen molar-refractivity contribution in [2.45, 2.75) is 32.6 Å². The fourth-order valence-electron chi connectivity index (χ4n) is 3.63. The Labute approximate surface area is 181 Å². The predicted octanol–water partition coefficient (Wildman–Crippen LogP) is 3.57. The SMILES string of the molecule is CC(O)N1CCN(c2nc(-c3ccc(OCC(C)(C)O)cc3)cc3sccc23)CC1. The average Bonchev–Trinajstić information content (AvgIpc) is 3.20. The summed E-state index contributed by atoms with van der Waals surface area (Å²) in [7, 11) is 0. The van der Waals surface area contributed by atoms with E-state index in [1.54, 1.807) is 25.2 Å². The topological polar surface area (TPSA) is 69.1 Å². The predicted molar refractivity (Wildman–Crippen MR) is 122 cm³/mol. The van der Waals surface area contributed by atoms with Crippen LogP contribution in [0.15, 0.2) is 41.8 Å². The van der Waals surface area contributed by atoms with E-state index in [2.05, 4.69) is 27.3 Å². The monoisotopic (exact) mass is 427 g/mol. The first-order valence-corrected chi connectivity index (χ1v) is 11.2. The van der Waals surface area contributed by atoms with Crippen molar-refractivity contribution in [3.63, 3.8) is 0 Å². The summed E-state index contributed by atoms with van der Waals surface area (Å²) in [6.07, 6.45) is -0.412. The molecule has 6 nitrogen and oxygen atoms in total. The van der Waals surface area contributed by atoms with E-state index in [1.165, 1.54) is 10.1 Å². The highest BCUT2D eigenvalue weighted by Crippen LogP contribution is 2.34. The molecule has 1 aliphatic rings. The summed E-state index contributed by atoms with van der Waals surface area (Å²) in [5.41, 5.74) is 1.11. The molecule has 4 rings (SSSR count). The molecule has 1 atom stereocenters. The van der Waals surface area contributed by atoms with Crippen molar-refractivity contribution in [2.24, 2.45) is 0 Å². The number of piperazine rings is 1. The van der Waals surface area contributed by atoms with Gasteiger partial charge in [-0.2, -0.15) is 0 Å². The smallest absolute Gasteiger partial charge is 0.138 e. The third-order valence-electron chi connectivity index (χ3n) is 5.31. The van der Waals surface area contributed by atoms with Gasteiger partial charge in [-0.25, -0.2) is 4.98 Å². The molecule has 1 unspecified atom stereocenters. The molecule has 0 spiro atoms. The van der Waals surface area contributed by atoms with E-state index in [1.807, 2.05) is 31.2 Å². The number of rotatable bonds is 6. The van der Waals surface area contributed by atoms with Crippen LogP contribution in [0.5, 0.6) is 5.75 Å². The minimum Gasteiger partial charge on any atom is -0.491 e. The first-order valence-electron chi connectivity index (χ1n) is 10.3. The second kappa shape index (κ2) is 8.51. The van der Waals surface area contributed by atoms with E-state index in [0.29, 0.717) is 0 Å². The van der Waals surface area contributed by atoms with Crippen molar-refractivity contribution in [1.82, 2.24) is 9.88 Å². The van der Waals surface area contributed by atoms with Gasteiger partial charge in [0.2, 0.25) is 0 Å². The molecule has 1 aromatic carbocycles. The van der Waals surface area contributed by atoms with Crippen LogP contribution in [0.2, 0.25) is 0 Å². The molecule has 0 radical (unpaired) electrons. The van der Waals surface area contributed by atoms with Gasteiger partial charge in [0.15, 0.2) is 0 Å². The second-order valence-electron chi connectivity index (χ2n) is 8.44. The number of hydrogen-bond acceptors (Lipinski definition) is 7. The molecule has 30 heavy (non-hydrogen) atoms. The number of aliphatic hydroxyl groups excluding tert-OH is 1. The van der Waals surface area contributed by atoms with Crippen molar-refractivity contribution < 1.29 is 14.9 Å². The van der Waals surface area contributed by atoms with Crippen molar-refractivity contribution in [3.05, 3.63) is 41.8 Å². The van der Waals surface area contributed by atoms with Crippen LogP contribution in [-0.4, -0.2) is 64.7 Å². The Bertz CT molecular complexity index is 987. The van der Waals surface area contributed by atoms with Gasteiger partial charge in [-0.15, -0.1) is 11.3 Å². The molecule has 2 aromatic heterocycles. The lowest BCUT2D eigenvalue weighted by atomic mass is 10.1. The van der Waals surface area contributed by atoms with E-state index in [4.69, 9.17) is 9.72 Å². The first kappa shape index (κ1) is 21.1. The van der Waals surface area contributed by atoms with Crippen LogP contribution in [0.4, 0.5) is 5.82 Å². The summed E-state index contributed by atoms with van der Waals surface area (Å²) in [6, 6.07) is 12.1. The summed E-state index contributed by atoms with van der Waals surface area (Å²) in [5, 5.41) is 23.0. The molecule has 3 heterocycles. The van der Waals surface area contributed by atoms with Crippen LogP contribution in [0.25, 0.3) is 21.3 Å². The molecule has 0 saturated carbocycles. The van der Waals surface area contributed by atoms with Crippen molar-refractivity contribution in [2.75, 3.05) is 37.7 Å². The van der Waals surface area contributed by atoms with Gasteiger partial charge in [0.05, 0.1) is 11.3 Å². The first-order chi connectivity index (χ1) is 14.3. The van der Waals surface area contributed by atoms with E-state index in [0.717, 1.165) is 49.0 Å². The fraction of sp³-hybridized carbons (Fsp3) is 0.435. The maximum absolute atomic E-state index is 9.84. The number of anilines is 1. The Morgan fingerprint density at radius 1 is 1.13 bits per heavy atom. The third kappa shape index (κ3) is 4.75. The third-order valence-corrected chi connectivity index (χ3v) is 6.18. The van der Waals surface area contributed by atoms with Crippen molar-refractivity contribution in [1.29, 1.82) is 0 Å². The lowest BCUT2D eigenvalue weighted by molar-refractivity contribution is 0.0152. The minimum atomic E-state index is -0.864. The Kier molecular flexibility index (Phi) is 5.97. The van der Waals surface area contributed by atoms with Gasteiger partial charge < -0.3 is 19.8 Å². The van der Waals surface area contributed by atoms with Gasteiger partial charge in [0, 0.05) is 41.8 Å². The van der Waals surface area contributed by atoms with Crippen LogP contribution in [0.3, 0.4) is 0 Å². The summed E-state index contributed by atoms with van der Waals surface area (Å²) < 4.78 is 6.88. The van der Waals surface area contributed by atoms with Gasteiger partial charge in [0.1, 0.15) is 24.4 Å². The van der Waals surface area contributed by atoms with E-state index in [-0.39, 0.29) is 6.61 Å². The van der Waals surface area contributed by atoms with Gasteiger partial charge in [-0.3, -0.25) is 4.90 Å². The average molecular weight is 428 g/mol. The number of pyridine rings is 1. The second-order valence-corrected chi connectivity index (χ2v) is 9.39. The molecular weight excluding hydrogens is 398 g/mol. The maximum Gasteiger partial charge on any atom is 0.138 e. The zero-order valence-electron chi connectivity index (χ0n) is 17.7. The standard InChI is InChI=1S/C23H29N3O3S/c1-16(27)25-9-11-26(12-10-25)22-19-8-13-30-21(19)14-20(24-22)17-4-6-18(7-5-17)29-15-23(2,3)28/h4-8,13-14,16,27-28H,9-12,15H2,1-3H3. The molecule has 0 bridgehead atoms. The molecule has 1 aliphatic heterocycles. The van der Waals surface area contributed by atoms with Crippen molar-refractivity contribution in [3.8, 4) is 17.0 Å². The van der Waals surface area contributed by atoms with Crippen LogP contribution in [0, 0.1) is 0 Å². The van der Waals surface area contributed by atoms with Crippen LogP contribution >= 0.6 is 11.3 Å². The number of ether oxygens (including phenoxy) is 1. The van der Waals surface area contributed by atoms with Crippen LogP contribution in [0.1, 0.15) is 20.8 Å². The summed E-state index contributed by atoms with van der Waals surface area (Å²) in [4.78, 5) is 9.42. The Morgan fingerprint density at radius 2 is 1.83 bits per heavy atom. The highest BCUT2D eigenvalue weighted by molar-refractivity contribution is 7.17. The molecule has 1 fully saturated rings. The number of aliphatic hydroxyl groups is 2. The fourth-order valence-corrected chi connectivity index (χ4v) is 4.44. The molecule has 160 valence electrons. The molecule has 0 amide bonds. The Morgan fingerprint density at radius 3 is 2.47 bits per heavy atom. The summed E-state index contributed by atoms with van der Waals surface area (Å²) in [5.74, 6) is 1.74. The Hall–Kier alpha value is -2.19. The minimum absolute atomic E-state index is 0.244. The molecule has 1 saturated heterocycles. The van der Waals surface area contributed by atoms with Crippen molar-refractivity contribution >= 4 is 27.2 Å². The van der Waals surface area contributed by atoms with Crippen LogP contribution < -0.4 is 9.64 Å². The van der Waals surface area contributed by atoms with E-state index in [9.17, 15) is 10.2 Å². The zero-order chi connectivity index (χ0) is 21.3. The number of thiophene rings is 1. The van der Waals surface area contributed by atoms with E-state index < -0.39 is 11.8 Å². The molecule has 0 aliphatic carbocycles. The highest BCUT2D eigenvalue weighted by Gasteiger charge is 2.23. The zero-order valence-corrected chi connectivity index (χ0v) is 18.5. The van der Waals surface area contributed by atoms with E-state index >= 15 is 0 Å². The highest BCUT2D eigenvalue weighted by atomic mass is 32.1. The van der Waals surface area contributed by atoms with Gasteiger partial charge in [0.25, 0.3) is 0 Å². The summed E-state index contributed by atoms with van der Waals surface area (Å²) >= 11 is 1.72. The number of fused-ring (bicyclic) bond motifs is 1. The summed E-state index contributed by atoms with van der Waals surface area (Å²) in [6.45, 7) is 8.85. The number of aromatic nitrogens is 1. The largest absolute Gasteiger partial charge is 0.491 e.